The van der Waals surface area contributed by atoms with Gasteiger partial charge < -0.3 is 48.5 Å². The lowest BCUT2D eigenvalue weighted by molar-refractivity contribution is -0.144. The summed E-state index contributed by atoms with van der Waals surface area (Å²) in [7, 11) is 0. The van der Waals surface area contributed by atoms with Gasteiger partial charge >= 0.3 is 5.97 Å². The van der Waals surface area contributed by atoms with Gasteiger partial charge in [0.25, 0.3) is 0 Å². The molecule has 0 aliphatic carbocycles. The SMILES string of the molecule is CCC(C)C(NC(=O)C(CO)NC(=O)C(CCCN=C(N)N)NC(=O)C(N)Cc1ccc(O)cc1)C(=O)O. The van der Waals surface area contributed by atoms with Crippen LogP contribution in [-0.4, -0.2) is 82.3 Å². The Morgan fingerprint density at radius 1 is 0.974 bits per heavy atom. The normalized spacial score (nSPS) is 14.7. The first kappa shape index (κ1) is 32.1. The van der Waals surface area contributed by atoms with E-state index in [1.807, 2.05) is 0 Å². The van der Waals surface area contributed by atoms with Gasteiger partial charge in [-0.15, -0.1) is 0 Å². The van der Waals surface area contributed by atoms with E-state index in [9.17, 15) is 34.5 Å². The summed E-state index contributed by atoms with van der Waals surface area (Å²) in [6, 6.07) is 1.26. The number of aliphatic carboxylic acids is 1. The van der Waals surface area contributed by atoms with Gasteiger partial charge in [0, 0.05) is 6.54 Å². The van der Waals surface area contributed by atoms with E-state index in [-0.39, 0.29) is 37.5 Å². The topological polar surface area (TPSA) is 255 Å². The summed E-state index contributed by atoms with van der Waals surface area (Å²) in [5.74, 6) is -4.05. The van der Waals surface area contributed by atoms with E-state index in [2.05, 4.69) is 20.9 Å². The quantitative estimate of drug-likeness (QED) is 0.0630. The van der Waals surface area contributed by atoms with E-state index >= 15 is 0 Å². The van der Waals surface area contributed by atoms with E-state index in [0.717, 1.165) is 0 Å². The Morgan fingerprint density at radius 2 is 1.55 bits per heavy atom. The summed E-state index contributed by atoms with van der Waals surface area (Å²) in [5, 5.41) is 35.8. The number of nitrogens with two attached hydrogens (primary N) is 3. The van der Waals surface area contributed by atoms with Crippen LogP contribution >= 0.6 is 0 Å². The van der Waals surface area contributed by atoms with Crippen LogP contribution in [0, 0.1) is 5.92 Å². The predicted molar refractivity (Wildman–Crippen MR) is 140 cm³/mol. The zero-order chi connectivity index (χ0) is 28.8. The number of carboxylic acids is 1. The monoisotopic (exact) mass is 537 g/mol. The van der Waals surface area contributed by atoms with E-state index in [4.69, 9.17) is 17.2 Å². The molecule has 0 aliphatic rings. The zero-order valence-electron chi connectivity index (χ0n) is 21.6. The second kappa shape index (κ2) is 16.0. The number of aliphatic hydroxyl groups excluding tert-OH is 1. The summed E-state index contributed by atoms with van der Waals surface area (Å²) in [5.41, 5.74) is 17.3. The molecule has 0 radical (unpaired) electrons. The van der Waals surface area contributed by atoms with Gasteiger partial charge in [0.15, 0.2) is 5.96 Å². The minimum atomic E-state index is -1.46. The number of carbonyl (C=O) groups excluding carboxylic acids is 3. The lowest BCUT2D eigenvalue weighted by Gasteiger charge is -2.25. The van der Waals surface area contributed by atoms with Crippen LogP contribution < -0.4 is 33.2 Å². The summed E-state index contributed by atoms with van der Waals surface area (Å²) in [6.07, 6.45) is 0.962. The molecule has 0 saturated carbocycles. The highest BCUT2D eigenvalue weighted by Crippen LogP contribution is 2.11. The summed E-state index contributed by atoms with van der Waals surface area (Å²) in [6.45, 7) is 2.77. The average molecular weight is 538 g/mol. The van der Waals surface area contributed by atoms with Crippen molar-refractivity contribution in [1.82, 2.24) is 16.0 Å². The third-order valence-electron chi connectivity index (χ3n) is 5.90. The molecule has 1 aromatic rings. The lowest BCUT2D eigenvalue weighted by Crippen LogP contribution is -2.58. The van der Waals surface area contributed by atoms with Crippen molar-refractivity contribution in [2.75, 3.05) is 13.2 Å². The summed E-state index contributed by atoms with van der Waals surface area (Å²) >= 11 is 0. The number of carbonyl (C=O) groups is 4. The number of hydrogen-bond acceptors (Lipinski definition) is 8. The van der Waals surface area contributed by atoms with Crippen molar-refractivity contribution in [3.05, 3.63) is 29.8 Å². The first-order valence-electron chi connectivity index (χ1n) is 12.2. The molecule has 212 valence electrons. The molecule has 1 aromatic carbocycles. The van der Waals surface area contributed by atoms with E-state index in [0.29, 0.717) is 12.0 Å². The van der Waals surface area contributed by atoms with E-state index in [1.165, 1.54) is 12.1 Å². The number of guanidine groups is 1. The number of amides is 3. The molecule has 14 heteroatoms. The fraction of sp³-hybridized carbons (Fsp3) is 0.542. The van der Waals surface area contributed by atoms with Crippen LogP contribution in [0.2, 0.25) is 0 Å². The summed E-state index contributed by atoms with van der Waals surface area (Å²) in [4.78, 5) is 53.8. The predicted octanol–water partition coefficient (Wildman–Crippen LogP) is -2.11. The van der Waals surface area contributed by atoms with Gasteiger partial charge in [0.05, 0.1) is 12.6 Å². The Morgan fingerprint density at radius 3 is 2.08 bits per heavy atom. The highest BCUT2D eigenvalue weighted by atomic mass is 16.4. The number of aliphatic hydroxyl groups is 1. The van der Waals surface area contributed by atoms with Crippen molar-refractivity contribution < 1.29 is 34.5 Å². The zero-order valence-corrected chi connectivity index (χ0v) is 21.6. The number of carboxylic acid groups (broad SMARTS) is 1. The molecule has 1 rings (SSSR count). The third kappa shape index (κ3) is 11.0. The highest BCUT2D eigenvalue weighted by molar-refractivity contribution is 5.94. The maximum Gasteiger partial charge on any atom is 0.326 e. The summed E-state index contributed by atoms with van der Waals surface area (Å²) < 4.78 is 0. The molecule has 0 aromatic heterocycles. The van der Waals surface area contributed by atoms with E-state index in [1.54, 1.807) is 26.0 Å². The molecule has 0 fully saturated rings. The van der Waals surface area contributed by atoms with Gasteiger partial charge in [-0.25, -0.2) is 4.79 Å². The molecule has 38 heavy (non-hydrogen) atoms. The maximum atomic E-state index is 13.0. The van der Waals surface area contributed by atoms with Crippen LogP contribution in [0.15, 0.2) is 29.3 Å². The second-order valence-corrected chi connectivity index (χ2v) is 8.94. The molecular weight excluding hydrogens is 498 g/mol. The number of phenols is 1. The largest absolute Gasteiger partial charge is 0.508 e. The van der Waals surface area contributed by atoms with Crippen LogP contribution in [0.5, 0.6) is 5.75 Å². The Kier molecular flexibility index (Phi) is 13.6. The maximum absolute atomic E-state index is 13.0. The average Bonchev–Trinajstić information content (AvgIpc) is 2.87. The molecule has 5 unspecified atom stereocenters. The number of nitrogens with one attached hydrogen (secondary N) is 3. The molecule has 0 aliphatic heterocycles. The first-order chi connectivity index (χ1) is 17.9. The minimum Gasteiger partial charge on any atom is -0.508 e. The van der Waals surface area contributed by atoms with Crippen LogP contribution in [0.1, 0.15) is 38.7 Å². The van der Waals surface area contributed by atoms with Gasteiger partial charge in [-0.1, -0.05) is 32.4 Å². The van der Waals surface area contributed by atoms with Crippen molar-refractivity contribution in [1.29, 1.82) is 0 Å². The standard InChI is InChI=1S/C24H39N7O7/c1-3-13(2)19(23(37)38)31-22(36)18(12-32)30-21(35)17(5-4-10-28-24(26)27)29-20(34)16(25)11-14-6-8-15(33)9-7-14/h6-9,13,16-19,32-33H,3-5,10-12,25H2,1-2H3,(H,29,34)(H,30,35)(H,31,36)(H,37,38)(H4,26,27,28). The van der Waals surface area contributed by atoms with Crippen LogP contribution in [0.25, 0.3) is 0 Å². The Balaban J connectivity index is 2.94. The molecule has 14 nitrogen and oxygen atoms in total. The van der Waals surface area contributed by atoms with Crippen molar-refractivity contribution in [2.45, 2.75) is 63.7 Å². The molecule has 12 N–H and O–H groups in total. The Hall–Kier alpha value is -3.91. The van der Waals surface area contributed by atoms with Gasteiger partial charge in [0.2, 0.25) is 17.7 Å². The molecular formula is C24H39N7O7. The van der Waals surface area contributed by atoms with Crippen molar-refractivity contribution >= 4 is 29.7 Å². The molecule has 5 atom stereocenters. The number of aromatic hydroxyl groups is 1. The van der Waals surface area contributed by atoms with Gasteiger partial charge in [-0.2, -0.15) is 0 Å². The third-order valence-corrected chi connectivity index (χ3v) is 5.90. The van der Waals surface area contributed by atoms with Crippen LogP contribution in [-0.2, 0) is 25.6 Å². The molecule has 3 amide bonds. The van der Waals surface area contributed by atoms with Crippen molar-refractivity contribution in [3.63, 3.8) is 0 Å². The smallest absolute Gasteiger partial charge is 0.326 e. The Labute approximate surface area is 221 Å². The number of rotatable bonds is 16. The lowest BCUT2D eigenvalue weighted by atomic mass is 9.99. The number of phenolic OH excluding ortho intramolecular Hbond substituents is 1. The van der Waals surface area contributed by atoms with Crippen LogP contribution in [0.3, 0.4) is 0 Å². The van der Waals surface area contributed by atoms with Crippen molar-refractivity contribution in [2.24, 2.45) is 28.1 Å². The van der Waals surface area contributed by atoms with E-state index < -0.39 is 60.4 Å². The minimum absolute atomic E-state index is 0.0607. The number of benzene rings is 1. The van der Waals surface area contributed by atoms with Crippen LogP contribution in [0.4, 0.5) is 0 Å². The molecule has 0 spiro atoms. The molecule has 0 bridgehead atoms. The Bertz CT molecular complexity index is 967. The van der Waals surface area contributed by atoms with Gasteiger partial charge in [-0.3, -0.25) is 19.4 Å². The van der Waals surface area contributed by atoms with Gasteiger partial charge in [-0.05, 0) is 42.9 Å². The van der Waals surface area contributed by atoms with Crippen molar-refractivity contribution in [3.8, 4) is 5.75 Å². The fourth-order valence-electron chi connectivity index (χ4n) is 3.43. The highest BCUT2D eigenvalue weighted by Gasteiger charge is 2.31. The first-order valence-corrected chi connectivity index (χ1v) is 12.2. The van der Waals surface area contributed by atoms with Gasteiger partial charge in [0.1, 0.15) is 23.9 Å². The number of hydrogen-bond donors (Lipinski definition) is 9. The molecule has 0 saturated heterocycles. The second-order valence-electron chi connectivity index (χ2n) is 8.94. The fourth-order valence-corrected chi connectivity index (χ4v) is 3.43. The number of nitrogens with zero attached hydrogens (tertiary/aromatic N) is 1. The molecule has 0 heterocycles. The number of aliphatic imine (C=N–C) groups is 1.